The molecule has 1 aromatic carbocycles. The summed E-state index contributed by atoms with van der Waals surface area (Å²) < 4.78 is 0. The minimum absolute atomic E-state index is 0.262. The summed E-state index contributed by atoms with van der Waals surface area (Å²) in [5.41, 5.74) is 1.49. The van der Waals surface area contributed by atoms with Crippen molar-refractivity contribution < 1.29 is 0 Å². The van der Waals surface area contributed by atoms with Gasteiger partial charge in [0, 0.05) is 5.02 Å². The number of fused-ring (bicyclic) bond motifs is 1. The van der Waals surface area contributed by atoms with Gasteiger partial charge in [0.05, 0.1) is 24.0 Å². The highest BCUT2D eigenvalue weighted by Gasteiger charge is 2.38. The SMILES string of the molecule is N#CCC1(C#N)CCc2cc(Cl)ccc21. The molecular weight excluding hydrogens is 208 g/mol. The molecule has 0 saturated carbocycles. The minimum atomic E-state index is -0.603. The minimum Gasteiger partial charge on any atom is -0.198 e. The molecule has 0 radical (unpaired) electrons. The van der Waals surface area contributed by atoms with Crippen LogP contribution in [0.1, 0.15) is 24.0 Å². The Morgan fingerprint density at radius 2 is 2.20 bits per heavy atom. The summed E-state index contributed by atoms with van der Waals surface area (Å²) in [7, 11) is 0. The monoisotopic (exact) mass is 216 g/mol. The Bertz CT molecular complexity index is 481. The van der Waals surface area contributed by atoms with Gasteiger partial charge in [-0.15, -0.1) is 0 Å². The quantitative estimate of drug-likeness (QED) is 0.725. The smallest absolute Gasteiger partial charge is 0.0957 e. The van der Waals surface area contributed by atoms with Crippen molar-refractivity contribution in [1.29, 1.82) is 10.5 Å². The summed E-state index contributed by atoms with van der Waals surface area (Å²) in [6, 6.07) is 9.95. The van der Waals surface area contributed by atoms with Crippen LogP contribution < -0.4 is 0 Å². The van der Waals surface area contributed by atoms with Gasteiger partial charge in [0.1, 0.15) is 0 Å². The van der Waals surface area contributed by atoms with E-state index < -0.39 is 5.41 Å². The maximum Gasteiger partial charge on any atom is 0.0957 e. The van der Waals surface area contributed by atoms with Gasteiger partial charge in [-0.2, -0.15) is 10.5 Å². The van der Waals surface area contributed by atoms with E-state index in [0.717, 1.165) is 24.0 Å². The van der Waals surface area contributed by atoms with Crippen molar-refractivity contribution >= 4 is 11.6 Å². The number of aryl methyl sites for hydroxylation is 1. The van der Waals surface area contributed by atoms with E-state index >= 15 is 0 Å². The Morgan fingerprint density at radius 1 is 1.40 bits per heavy atom. The highest BCUT2D eigenvalue weighted by Crippen LogP contribution is 2.41. The molecule has 0 bridgehead atoms. The fraction of sp³-hybridized carbons (Fsp3) is 0.333. The Hall–Kier alpha value is -1.51. The Labute approximate surface area is 93.7 Å². The Morgan fingerprint density at radius 3 is 2.87 bits per heavy atom. The molecule has 0 amide bonds. The number of hydrogen-bond donors (Lipinski definition) is 0. The van der Waals surface area contributed by atoms with E-state index in [-0.39, 0.29) is 6.42 Å². The normalized spacial score (nSPS) is 22.9. The van der Waals surface area contributed by atoms with E-state index in [0.29, 0.717) is 5.02 Å². The highest BCUT2D eigenvalue weighted by molar-refractivity contribution is 6.30. The van der Waals surface area contributed by atoms with Gasteiger partial charge >= 0.3 is 0 Å². The average Bonchev–Trinajstić information content (AvgIpc) is 2.58. The lowest BCUT2D eigenvalue weighted by atomic mass is 9.81. The second kappa shape index (κ2) is 3.57. The van der Waals surface area contributed by atoms with Gasteiger partial charge in [0.25, 0.3) is 0 Å². The van der Waals surface area contributed by atoms with Gasteiger partial charge in [-0.25, -0.2) is 0 Å². The van der Waals surface area contributed by atoms with Crippen LogP contribution in [0.2, 0.25) is 5.02 Å². The molecule has 1 unspecified atom stereocenters. The molecule has 0 fully saturated rings. The molecule has 2 rings (SSSR count). The van der Waals surface area contributed by atoms with E-state index in [1.165, 1.54) is 0 Å². The Kier molecular flexibility index (Phi) is 2.39. The molecule has 0 N–H and O–H groups in total. The van der Waals surface area contributed by atoms with Crippen LogP contribution in [-0.4, -0.2) is 0 Å². The highest BCUT2D eigenvalue weighted by atomic mass is 35.5. The third-order valence-electron chi connectivity index (χ3n) is 3.00. The summed E-state index contributed by atoms with van der Waals surface area (Å²) >= 11 is 5.89. The molecule has 0 aliphatic heterocycles. The van der Waals surface area contributed by atoms with Crippen LogP contribution in [0.15, 0.2) is 18.2 Å². The van der Waals surface area contributed by atoms with Crippen molar-refractivity contribution in [1.82, 2.24) is 0 Å². The molecular formula is C12H9ClN2. The van der Waals surface area contributed by atoms with Crippen LogP contribution in [0.5, 0.6) is 0 Å². The first-order chi connectivity index (χ1) is 7.22. The Balaban J connectivity index is 2.53. The van der Waals surface area contributed by atoms with Crippen LogP contribution >= 0.6 is 11.6 Å². The van der Waals surface area contributed by atoms with Crippen molar-refractivity contribution in [2.45, 2.75) is 24.7 Å². The third-order valence-corrected chi connectivity index (χ3v) is 3.23. The van der Waals surface area contributed by atoms with Gasteiger partial charge in [-0.1, -0.05) is 17.7 Å². The second-order valence-electron chi connectivity index (χ2n) is 3.83. The summed E-state index contributed by atoms with van der Waals surface area (Å²) in [6.07, 6.45) is 1.83. The molecule has 1 atom stereocenters. The van der Waals surface area contributed by atoms with Crippen LogP contribution in [0, 0.1) is 22.7 Å². The molecule has 15 heavy (non-hydrogen) atoms. The molecule has 0 spiro atoms. The molecule has 0 saturated heterocycles. The largest absolute Gasteiger partial charge is 0.198 e. The second-order valence-corrected chi connectivity index (χ2v) is 4.27. The van der Waals surface area contributed by atoms with Gasteiger partial charge in [-0.3, -0.25) is 0 Å². The summed E-state index contributed by atoms with van der Waals surface area (Å²) in [5.74, 6) is 0. The third kappa shape index (κ3) is 1.48. The van der Waals surface area contributed by atoms with Crippen molar-refractivity contribution in [2.75, 3.05) is 0 Å². The van der Waals surface area contributed by atoms with Crippen molar-refractivity contribution in [3.63, 3.8) is 0 Å². The molecule has 1 aromatic rings. The molecule has 3 heteroatoms. The summed E-state index contributed by atoms with van der Waals surface area (Å²) in [5, 5.41) is 18.7. The predicted octanol–water partition coefficient (Wildman–Crippen LogP) is 2.96. The molecule has 0 aromatic heterocycles. The van der Waals surface area contributed by atoms with Gasteiger partial charge < -0.3 is 0 Å². The molecule has 0 heterocycles. The van der Waals surface area contributed by atoms with Crippen LogP contribution in [0.25, 0.3) is 0 Å². The number of rotatable bonds is 1. The molecule has 1 aliphatic rings. The van der Waals surface area contributed by atoms with Crippen molar-refractivity contribution in [2.24, 2.45) is 0 Å². The summed E-state index contributed by atoms with van der Waals surface area (Å²) in [6.45, 7) is 0. The maximum atomic E-state index is 9.23. The predicted molar refractivity (Wildman–Crippen MR) is 57.3 cm³/mol. The summed E-state index contributed by atoms with van der Waals surface area (Å²) in [4.78, 5) is 0. The number of benzene rings is 1. The fourth-order valence-corrected chi connectivity index (χ4v) is 2.39. The van der Waals surface area contributed by atoms with Gasteiger partial charge in [0.2, 0.25) is 0 Å². The van der Waals surface area contributed by atoms with Gasteiger partial charge in [-0.05, 0) is 36.1 Å². The van der Waals surface area contributed by atoms with E-state index in [2.05, 4.69) is 12.1 Å². The first-order valence-electron chi connectivity index (χ1n) is 4.79. The number of halogens is 1. The molecule has 74 valence electrons. The van der Waals surface area contributed by atoms with Crippen molar-refractivity contribution in [3.05, 3.63) is 34.3 Å². The van der Waals surface area contributed by atoms with E-state index in [1.807, 2.05) is 12.1 Å². The first kappa shape index (κ1) is 10.0. The maximum absolute atomic E-state index is 9.23. The zero-order valence-electron chi connectivity index (χ0n) is 8.13. The van der Waals surface area contributed by atoms with E-state index in [4.69, 9.17) is 16.9 Å². The van der Waals surface area contributed by atoms with E-state index in [9.17, 15) is 5.26 Å². The average molecular weight is 217 g/mol. The zero-order valence-corrected chi connectivity index (χ0v) is 8.88. The lowest BCUT2D eigenvalue weighted by Crippen LogP contribution is -2.19. The zero-order chi connectivity index (χ0) is 10.9. The van der Waals surface area contributed by atoms with Crippen LogP contribution in [0.4, 0.5) is 0 Å². The van der Waals surface area contributed by atoms with Crippen LogP contribution in [-0.2, 0) is 11.8 Å². The standard InChI is InChI=1S/C12H9ClN2/c13-10-1-2-11-9(7-10)3-4-12(11,8-15)5-6-14/h1-2,7H,3-5H2. The number of nitrogens with zero attached hydrogens (tertiary/aromatic N) is 2. The molecule has 1 aliphatic carbocycles. The van der Waals surface area contributed by atoms with Crippen molar-refractivity contribution in [3.8, 4) is 12.1 Å². The topological polar surface area (TPSA) is 47.6 Å². The number of nitriles is 2. The lowest BCUT2D eigenvalue weighted by Gasteiger charge is -2.17. The van der Waals surface area contributed by atoms with Gasteiger partial charge in [0.15, 0.2) is 0 Å². The fourth-order valence-electron chi connectivity index (χ4n) is 2.19. The molecule has 2 nitrogen and oxygen atoms in total. The lowest BCUT2D eigenvalue weighted by molar-refractivity contribution is 0.558. The van der Waals surface area contributed by atoms with Crippen LogP contribution in [0.3, 0.4) is 0 Å². The number of hydrogen-bond acceptors (Lipinski definition) is 2. The first-order valence-corrected chi connectivity index (χ1v) is 5.17. The van der Waals surface area contributed by atoms with E-state index in [1.54, 1.807) is 6.07 Å².